The minimum absolute atomic E-state index is 0.0310. The zero-order chi connectivity index (χ0) is 20.4. The van der Waals surface area contributed by atoms with E-state index in [0.29, 0.717) is 16.9 Å². The van der Waals surface area contributed by atoms with Gasteiger partial charge in [0.05, 0.1) is 16.3 Å². The fourth-order valence-corrected chi connectivity index (χ4v) is 2.82. The summed E-state index contributed by atoms with van der Waals surface area (Å²) in [6, 6.07) is 21.9. The number of carbonyl (C=O) groups excluding carboxylic acids is 1. The first-order valence-electron chi connectivity index (χ1n) is 8.84. The largest absolute Gasteiger partial charge is 0.370 e. The van der Waals surface area contributed by atoms with Gasteiger partial charge in [-0.25, -0.2) is 4.79 Å². The maximum atomic E-state index is 13.1. The first kappa shape index (κ1) is 18.2. The quantitative estimate of drug-likeness (QED) is 0.496. The summed E-state index contributed by atoms with van der Waals surface area (Å²) >= 11 is 0. The number of amides is 2. The molecule has 8 nitrogen and oxygen atoms in total. The molecular weight excluding hydrogens is 370 g/mol. The molecule has 0 saturated carbocycles. The first-order valence-corrected chi connectivity index (χ1v) is 8.84. The van der Waals surface area contributed by atoms with Crippen molar-refractivity contribution in [2.24, 2.45) is 5.10 Å². The molecular formula is C21H16N5O3. The molecule has 1 aliphatic rings. The van der Waals surface area contributed by atoms with Gasteiger partial charge >= 0.3 is 6.03 Å². The minimum Gasteiger partial charge on any atom is -0.258 e. The number of hydrazone groups is 1. The Labute approximate surface area is 166 Å². The molecule has 0 bridgehead atoms. The lowest BCUT2D eigenvalue weighted by Gasteiger charge is -2.31. The molecule has 1 radical (unpaired) electrons. The average Bonchev–Trinajstić information content (AvgIpc) is 2.75. The van der Waals surface area contributed by atoms with Crippen molar-refractivity contribution in [1.82, 2.24) is 5.43 Å². The summed E-state index contributed by atoms with van der Waals surface area (Å²) in [5.41, 5.74) is 7.17. The monoisotopic (exact) mass is 386 g/mol. The molecule has 0 fully saturated rings. The number of hydrogen-bond acceptors (Lipinski definition) is 4. The number of non-ortho nitro benzene ring substituents is 1. The van der Waals surface area contributed by atoms with Gasteiger partial charge in [0, 0.05) is 17.7 Å². The Hall–Kier alpha value is -4.20. The van der Waals surface area contributed by atoms with Crippen LogP contribution in [-0.4, -0.2) is 16.8 Å². The van der Waals surface area contributed by atoms with Gasteiger partial charge < -0.3 is 0 Å². The van der Waals surface area contributed by atoms with Crippen LogP contribution >= 0.6 is 0 Å². The fourth-order valence-electron chi connectivity index (χ4n) is 2.82. The van der Waals surface area contributed by atoms with Crippen molar-refractivity contribution in [3.8, 4) is 0 Å². The zero-order valence-electron chi connectivity index (χ0n) is 15.5. The van der Waals surface area contributed by atoms with Crippen LogP contribution in [0.2, 0.25) is 0 Å². The van der Waals surface area contributed by atoms with Crippen LogP contribution in [0, 0.1) is 17.0 Å². The molecule has 1 heterocycles. The molecule has 0 atom stereocenters. The molecule has 0 aliphatic carbocycles. The Kier molecular flexibility index (Phi) is 4.66. The molecule has 4 rings (SSSR count). The van der Waals surface area contributed by atoms with Gasteiger partial charge in [-0.1, -0.05) is 35.9 Å². The Morgan fingerprint density at radius 1 is 0.828 bits per heavy atom. The number of amidine groups is 1. The van der Waals surface area contributed by atoms with Crippen molar-refractivity contribution in [1.29, 1.82) is 0 Å². The van der Waals surface area contributed by atoms with E-state index >= 15 is 0 Å². The lowest BCUT2D eigenvalue weighted by Crippen LogP contribution is -2.52. The number of benzene rings is 3. The number of aryl methyl sites for hydroxylation is 1. The zero-order valence-corrected chi connectivity index (χ0v) is 15.5. The first-order chi connectivity index (χ1) is 14.0. The summed E-state index contributed by atoms with van der Waals surface area (Å²) in [4.78, 5) is 23.5. The summed E-state index contributed by atoms with van der Waals surface area (Å²) in [6.45, 7) is 1.96. The fraction of sp³-hybridized carbons (Fsp3) is 0.0476. The molecule has 143 valence electrons. The molecule has 0 spiro atoms. The number of urea groups is 1. The summed E-state index contributed by atoms with van der Waals surface area (Å²) in [6.07, 6.45) is 0. The van der Waals surface area contributed by atoms with Gasteiger partial charge in [-0.2, -0.15) is 10.0 Å². The molecule has 8 heteroatoms. The minimum atomic E-state index is -0.470. The Balaban J connectivity index is 1.77. The number of rotatable bonds is 4. The summed E-state index contributed by atoms with van der Waals surface area (Å²) in [5.74, 6) is 0.268. The maximum absolute atomic E-state index is 13.1. The SMILES string of the molecule is Cc1ccc(N2[N]C(c3ccc([N+](=O)[O-])cc3)=NN(c3ccccc3)C2=O)cc1. The van der Waals surface area contributed by atoms with Crippen LogP contribution in [-0.2, 0) is 0 Å². The Bertz CT molecular complexity index is 1080. The molecule has 0 aromatic heterocycles. The molecule has 2 amide bonds. The molecule has 0 N–H and O–H groups in total. The van der Waals surface area contributed by atoms with Crippen LogP contribution < -0.4 is 15.4 Å². The predicted molar refractivity (Wildman–Crippen MR) is 110 cm³/mol. The van der Waals surface area contributed by atoms with Crippen molar-refractivity contribution < 1.29 is 9.72 Å². The van der Waals surface area contributed by atoms with Gasteiger partial charge in [-0.15, -0.1) is 10.5 Å². The van der Waals surface area contributed by atoms with Gasteiger partial charge in [-0.3, -0.25) is 10.1 Å². The number of anilines is 2. The Morgan fingerprint density at radius 2 is 1.45 bits per heavy atom. The highest BCUT2D eigenvalue weighted by Gasteiger charge is 2.32. The lowest BCUT2D eigenvalue weighted by molar-refractivity contribution is -0.384. The number of nitro benzene ring substituents is 1. The number of nitro groups is 1. The van der Waals surface area contributed by atoms with E-state index in [1.165, 1.54) is 22.2 Å². The maximum Gasteiger partial charge on any atom is 0.370 e. The molecule has 3 aromatic carbocycles. The van der Waals surface area contributed by atoms with Crippen LogP contribution in [0.5, 0.6) is 0 Å². The van der Waals surface area contributed by atoms with Gasteiger partial charge in [-0.05, 0) is 43.3 Å². The van der Waals surface area contributed by atoms with Crippen LogP contribution in [0.1, 0.15) is 11.1 Å². The van der Waals surface area contributed by atoms with Gasteiger partial charge in [0.1, 0.15) is 0 Å². The van der Waals surface area contributed by atoms with Crippen LogP contribution in [0.25, 0.3) is 0 Å². The van der Waals surface area contributed by atoms with E-state index in [1.54, 1.807) is 36.4 Å². The van der Waals surface area contributed by atoms with Crippen molar-refractivity contribution in [3.05, 3.63) is 100 Å². The van der Waals surface area contributed by atoms with Crippen LogP contribution in [0.15, 0.2) is 84.0 Å². The van der Waals surface area contributed by atoms with Gasteiger partial charge in [0.2, 0.25) is 5.84 Å². The summed E-state index contributed by atoms with van der Waals surface area (Å²) in [5, 5.41) is 17.9. The molecule has 3 aromatic rings. The highest BCUT2D eigenvalue weighted by Crippen LogP contribution is 2.25. The van der Waals surface area contributed by atoms with E-state index < -0.39 is 11.0 Å². The van der Waals surface area contributed by atoms with E-state index in [9.17, 15) is 14.9 Å². The van der Waals surface area contributed by atoms with E-state index in [4.69, 9.17) is 0 Å². The summed E-state index contributed by atoms with van der Waals surface area (Å²) < 4.78 is 0. The average molecular weight is 386 g/mol. The topological polar surface area (TPSA) is 93.2 Å². The number of para-hydroxylation sites is 1. The standard InChI is InChI=1S/C21H16N5O3/c1-15-7-11-18(12-8-15)25-21(27)24(17-5-3-2-4-6-17)22-20(23-25)16-9-13-19(14-10-16)26(28)29/h2-14H,1H3. The van der Waals surface area contributed by atoms with E-state index in [-0.39, 0.29) is 11.5 Å². The van der Waals surface area contributed by atoms with Crippen molar-refractivity contribution in [3.63, 3.8) is 0 Å². The highest BCUT2D eigenvalue weighted by molar-refractivity contribution is 6.12. The molecule has 29 heavy (non-hydrogen) atoms. The smallest absolute Gasteiger partial charge is 0.258 e. The lowest BCUT2D eigenvalue weighted by atomic mass is 10.2. The van der Waals surface area contributed by atoms with E-state index in [1.807, 2.05) is 37.3 Å². The molecule has 1 aliphatic heterocycles. The summed E-state index contributed by atoms with van der Waals surface area (Å²) in [7, 11) is 0. The van der Waals surface area contributed by atoms with Gasteiger partial charge in [0.15, 0.2) is 0 Å². The van der Waals surface area contributed by atoms with Crippen molar-refractivity contribution >= 4 is 28.9 Å². The third-order valence-corrected chi connectivity index (χ3v) is 4.37. The normalized spacial score (nSPS) is 13.7. The van der Waals surface area contributed by atoms with Crippen molar-refractivity contribution in [2.75, 3.05) is 10.0 Å². The van der Waals surface area contributed by atoms with Crippen molar-refractivity contribution in [2.45, 2.75) is 6.92 Å². The van der Waals surface area contributed by atoms with Crippen LogP contribution in [0.3, 0.4) is 0 Å². The second kappa shape index (κ2) is 7.43. The van der Waals surface area contributed by atoms with E-state index in [0.717, 1.165) is 5.56 Å². The highest BCUT2D eigenvalue weighted by atomic mass is 16.6. The Morgan fingerprint density at radius 3 is 2.07 bits per heavy atom. The number of hydrogen-bond donors (Lipinski definition) is 0. The second-order valence-corrected chi connectivity index (χ2v) is 6.40. The molecule has 0 saturated heterocycles. The third-order valence-electron chi connectivity index (χ3n) is 4.37. The molecule has 0 unspecified atom stereocenters. The second-order valence-electron chi connectivity index (χ2n) is 6.40. The van der Waals surface area contributed by atoms with Gasteiger partial charge in [0.25, 0.3) is 5.69 Å². The third kappa shape index (κ3) is 3.63. The predicted octanol–water partition coefficient (Wildman–Crippen LogP) is 4.23. The van der Waals surface area contributed by atoms with Crippen LogP contribution in [0.4, 0.5) is 21.9 Å². The number of carbonyl (C=O) groups is 1. The number of nitrogens with zero attached hydrogens (tertiary/aromatic N) is 5. The van der Waals surface area contributed by atoms with E-state index in [2.05, 4.69) is 10.5 Å².